The van der Waals surface area contributed by atoms with Crippen LogP contribution >= 0.6 is 0 Å². The summed E-state index contributed by atoms with van der Waals surface area (Å²) in [6.45, 7) is 2.92. The number of aromatic amines is 1. The minimum Gasteiger partial charge on any atom is -0.340 e. The number of fused-ring (bicyclic) bond motifs is 1. The fourth-order valence-electron chi connectivity index (χ4n) is 2.92. The van der Waals surface area contributed by atoms with Crippen molar-refractivity contribution < 1.29 is 0 Å². The number of H-pyrrole nitrogens is 1. The zero-order chi connectivity index (χ0) is 12.5. The molecule has 2 aromatic heterocycles. The molecule has 96 valence electrons. The predicted octanol–water partition coefficient (Wildman–Crippen LogP) is 2.50. The smallest absolute Gasteiger partial charge is 0.177 e. The molecule has 0 aromatic carbocycles. The van der Waals surface area contributed by atoms with Crippen molar-refractivity contribution in [3.05, 3.63) is 23.7 Å². The van der Waals surface area contributed by atoms with Gasteiger partial charge in [0.05, 0.1) is 5.52 Å². The number of aryl methyl sites for hydroxylation is 1. The maximum Gasteiger partial charge on any atom is 0.177 e. The number of nitrogens with zero attached hydrogens (tertiary/aromatic N) is 2. The summed E-state index contributed by atoms with van der Waals surface area (Å²) in [4.78, 5) is 12.4. The Morgan fingerprint density at radius 3 is 2.78 bits per heavy atom. The molecule has 0 amide bonds. The van der Waals surface area contributed by atoms with E-state index in [9.17, 15) is 0 Å². The number of nitrogens with two attached hydrogens (primary N) is 1. The number of hydrogen-bond acceptors (Lipinski definition) is 3. The summed E-state index contributed by atoms with van der Waals surface area (Å²) in [7, 11) is 0. The summed E-state index contributed by atoms with van der Waals surface area (Å²) >= 11 is 0. The lowest BCUT2D eigenvalue weighted by Crippen LogP contribution is -2.21. The van der Waals surface area contributed by atoms with Gasteiger partial charge in [-0.05, 0) is 56.7 Å². The van der Waals surface area contributed by atoms with Crippen molar-refractivity contribution in [2.45, 2.75) is 38.5 Å². The average Bonchev–Trinajstić information content (AvgIpc) is 2.84. The molecule has 4 heteroatoms. The summed E-state index contributed by atoms with van der Waals surface area (Å²) < 4.78 is 0. The zero-order valence-corrected chi connectivity index (χ0v) is 10.8. The third kappa shape index (κ3) is 2.01. The molecular formula is C14H20N4. The van der Waals surface area contributed by atoms with E-state index >= 15 is 0 Å². The Hall–Kier alpha value is -1.42. The molecule has 1 fully saturated rings. The Bertz CT molecular complexity index is 538. The monoisotopic (exact) mass is 244 g/mol. The lowest BCUT2D eigenvalue weighted by molar-refractivity contribution is 0.326. The maximum atomic E-state index is 5.74. The van der Waals surface area contributed by atoms with Crippen LogP contribution in [0.1, 0.15) is 43.0 Å². The Balaban J connectivity index is 1.85. The van der Waals surface area contributed by atoms with Crippen LogP contribution in [-0.2, 0) is 0 Å². The molecule has 0 atom stereocenters. The first-order chi connectivity index (χ1) is 8.78. The third-order valence-corrected chi connectivity index (χ3v) is 4.19. The second-order valence-electron chi connectivity index (χ2n) is 5.40. The van der Waals surface area contributed by atoms with Gasteiger partial charge in [-0.1, -0.05) is 0 Å². The highest BCUT2D eigenvalue weighted by Crippen LogP contribution is 2.34. The van der Waals surface area contributed by atoms with Gasteiger partial charge in [-0.3, -0.25) is 0 Å². The lowest BCUT2D eigenvalue weighted by atomic mass is 9.82. The fraction of sp³-hybridized carbons (Fsp3) is 0.571. The highest BCUT2D eigenvalue weighted by molar-refractivity contribution is 5.74. The van der Waals surface area contributed by atoms with Crippen molar-refractivity contribution in [3.63, 3.8) is 0 Å². The van der Waals surface area contributed by atoms with Crippen molar-refractivity contribution in [2.75, 3.05) is 6.54 Å². The molecule has 0 radical (unpaired) electrons. The summed E-state index contributed by atoms with van der Waals surface area (Å²) in [5.41, 5.74) is 8.90. The number of aromatic nitrogens is 3. The molecule has 0 aliphatic heterocycles. The zero-order valence-electron chi connectivity index (χ0n) is 10.8. The van der Waals surface area contributed by atoms with E-state index in [0.717, 1.165) is 23.5 Å². The first kappa shape index (κ1) is 11.7. The van der Waals surface area contributed by atoms with E-state index in [4.69, 9.17) is 5.73 Å². The molecular weight excluding hydrogens is 224 g/mol. The molecule has 4 nitrogen and oxygen atoms in total. The highest BCUT2D eigenvalue weighted by Gasteiger charge is 2.24. The standard InChI is InChI=1S/C14H20N4/c1-9-6-7-16-14-12(9)17-13(18-14)11-4-2-10(8-15)3-5-11/h6-7,10-11H,2-5,8,15H2,1H3,(H,16,17,18). The number of hydrogen-bond donors (Lipinski definition) is 2. The SMILES string of the molecule is Cc1ccnc2nc(C3CCC(CN)CC3)[nH]c12. The van der Waals surface area contributed by atoms with Gasteiger partial charge in [0.15, 0.2) is 5.65 Å². The number of nitrogens with one attached hydrogen (secondary N) is 1. The second-order valence-corrected chi connectivity index (χ2v) is 5.40. The molecule has 1 aliphatic carbocycles. The molecule has 2 aromatic rings. The van der Waals surface area contributed by atoms with Gasteiger partial charge in [-0.25, -0.2) is 9.97 Å². The van der Waals surface area contributed by atoms with Gasteiger partial charge in [0.2, 0.25) is 0 Å². The van der Waals surface area contributed by atoms with Gasteiger partial charge >= 0.3 is 0 Å². The Morgan fingerprint density at radius 2 is 2.11 bits per heavy atom. The predicted molar refractivity (Wildman–Crippen MR) is 72.4 cm³/mol. The Morgan fingerprint density at radius 1 is 1.33 bits per heavy atom. The van der Waals surface area contributed by atoms with Crippen LogP contribution < -0.4 is 5.73 Å². The van der Waals surface area contributed by atoms with Crippen LogP contribution in [0.25, 0.3) is 11.2 Å². The van der Waals surface area contributed by atoms with E-state index < -0.39 is 0 Å². The summed E-state index contributed by atoms with van der Waals surface area (Å²) in [5, 5.41) is 0. The van der Waals surface area contributed by atoms with Crippen LogP contribution in [0.2, 0.25) is 0 Å². The molecule has 18 heavy (non-hydrogen) atoms. The van der Waals surface area contributed by atoms with Crippen molar-refractivity contribution in [3.8, 4) is 0 Å². The van der Waals surface area contributed by atoms with E-state index in [-0.39, 0.29) is 0 Å². The van der Waals surface area contributed by atoms with Crippen molar-refractivity contribution >= 4 is 11.2 Å². The summed E-state index contributed by atoms with van der Waals surface area (Å²) in [6, 6.07) is 2.02. The largest absolute Gasteiger partial charge is 0.340 e. The molecule has 2 heterocycles. The van der Waals surface area contributed by atoms with Crippen molar-refractivity contribution in [2.24, 2.45) is 11.7 Å². The van der Waals surface area contributed by atoms with Crippen LogP contribution in [0.5, 0.6) is 0 Å². The maximum absolute atomic E-state index is 5.74. The van der Waals surface area contributed by atoms with Crippen LogP contribution in [0.15, 0.2) is 12.3 Å². The molecule has 1 saturated carbocycles. The Labute approximate surface area is 107 Å². The van der Waals surface area contributed by atoms with Crippen LogP contribution in [0.3, 0.4) is 0 Å². The van der Waals surface area contributed by atoms with Gasteiger partial charge in [-0.2, -0.15) is 0 Å². The van der Waals surface area contributed by atoms with E-state index in [1.54, 1.807) is 0 Å². The summed E-state index contributed by atoms with van der Waals surface area (Å²) in [6.07, 6.45) is 6.67. The van der Waals surface area contributed by atoms with E-state index in [1.165, 1.54) is 31.2 Å². The number of imidazole rings is 1. The fourth-order valence-corrected chi connectivity index (χ4v) is 2.92. The molecule has 3 rings (SSSR count). The molecule has 0 unspecified atom stereocenters. The minimum absolute atomic E-state index is 0.557. The number of rotatable bonds is 2. The Kier molecular flexibility index (Phi) is 3.04. The molecule has 0 bridgehead atoms. The van der Waals surface area contributed by atoms with E-state index in [2.05, 4.69) is 21.9 Å². The van der Waals surface area contributed by atoms with E-state index in [1.807, 2.05) is 12.3 Å². The van der Waals surface area contributed by atoms with E-state index in [0.29, 0.717) is 11.8 Å². The molecule has 1 aliphatic rings. The minimum atomic E-state index is 0.557. The average molecular weight is 244 g/mol. The van der Waals surface area contributed by atoms with Crippen LogP contribution in [-0.4, -0.2) is 21.5 Å². The number of pyridine rings is 1. The van der Waals surface area contributed by atoms with Crippen molar-refractivity contribution in [1.29, 1.82) is 0 Å². The third-order valence-electron chi connectivity index (χ3n) is 4.19. The van der Waals surface area contributed by atoms with Crippen LogP contribution in [0.4, 0.5) is 0 Å². The summed E-state index contributed by atoms with van der Waals surface area (Å²) in [5.74, 6) is 2.38. The highest BCUT2D eigenvalue weighted by atomic mass is 15.0. The van der Waals surface area contributed by atoms with Gasteiger partial charge in [0.1, 0.15) is 5.82 Å². The van der Waals surface area contributed by atoms with Gasteiger partial charge in [0.25, 0.3) is 0 Å². The van der Waals surface area contributed by atoms with Gasteiger partial charge < -0.3 is 10.7 Å². The topological polar surface area (TPSA) is 67.6 Å². The van der Waals surface area contributed by atoms with Gasteiger partial charge in [0, 0.05) is 12.1 Å². The van der Waals surface area contributed by atoms with Crippen molar-refractivity contribution in [1.82, 2.24) is 15.0 Å². The second kappa shape index (κ2) is 4.69. The van der Waals surface area contributed by atoms with Gasteiger partial charge in [-0.15, -0.1) is 0 Å². The first-order valence-corrected chi connectivity index (χ1v) is 6.79. The quantitative estimate of drug-likeness (QED) is 0.853. The normalized spacial score (nSPS) is 24.6. The molecule has 0 spiro atoms. The first-order valence-electron chi connectivity index (χ1n) is 6.79. The molecule has 3 N–H and O–H groups in total. The van der Waals surface area contributed by atoms with Crippen LogP contribution in [0, 0.1) is 12.8 Å². The lowest BCUT2D eigenvalue weighted by Gasteiger charge is -2.26. The molecule has 0 saturated heterocycles.